The van der Waals surface area contributed by atoms with Gasteiger partial charge in [-0.1, -0.05) is 31.9 Å². The molecule has 0 radical (unpaired) electrons. The fraction of sp³-hybridized carbons (Fsp3) is 0.789. The van der Waals surface area contributed by atoms with Crippen LogP contribution in [0.5, 0.6) is 0 Å². The first-order valence-electron chi connectivity index (χ1n) is 8.21. The molecular formula is C19H32. The molecule has 2 aliphatic rings. The molecule has 0 heteroatoms. The van der Waals surface area contributed by atoms with E-state index in [4.69, 9.17) is 0 Å². The molecule has 2 aliphatic carbocycles. The van der Waals surface area contributed by atoms with Crippen molar-refractivity contribution < 1.29 is 0 Å². The number of allylic oxidation sites excluding steroid dienone is 2. The second kappa shape index (κ2) is 9.24. The number of rotatable bonds is 2. The zero-order chi connectivity index (χ0) is 14.1. The summed E-state index contributed by atoms with van der Waals surface area (Å²) in [5.74, 6) is 6.33. The van der Waals surface area contributed by atoms with Crippen molar-refractivity contribution in [2.24, 2.45) is 23.7 Å². The molecule has 19 heavy (non-hydrogen) atoms. The number of terminal acetylenes is 1. The minimum Gasteiger partial charge on any atom is -0.120 e. The third-order valence-electron chi connectivity index (χ3n) is 5.01. The van der Waals surface area contributed by atoms with E-state index in [0.29, 0.717) is 0 Å². The van der Waals surface area contributed by atoms with Crippen LogP contribution in [-0.4, -0.2) is 0 Å². The van der Waals surface area contributed by atoms with Gasteiger partial charge in [0.1, 0.15) is 0 Å². The molecule has 2 rings (SSSR count). The van der Waals surface area contributed by atoms with Crippen molar-refractivity contribution >= 4 is 0 Å². The largest absolute Gasteiger partial charge is 0.120 e. The highest BCUT2D eigenvalue weighted by atomic mass is 14.3. The maximum atomic E-state index is 4.60. The summed E-state index contributed by atoms with van der Waals surface area (Å²) in [5, 5.41) is 0. The van der Waals surface area contributed by atoms with Crippen LogP contribution in [0.3, 0.4) is 0 Å². The van der Waals surface area contributed by atoms with Crippen LogP contribution < -0.4 is 0 Å². The Morgan fingerprint density at radius 1 is 0.895 bits per heavy atom. The highest BCUT2D eigenvalue weighted by Gasteiger charge is 2.28. The summed E-state index contributed by atoms with van der Waals surface area (Å²) in [6, 6.07) is 0. The number of hydrogen-bond acceptors (Lipinski definition) is 0. The molecule has 0 aliphatic heterocycles. The quantitative estimate of drug-likeness (QED) is 0.432. The van der Waals surface area contributed by atoms with E-state index in [0.717, 1.165) is 23.7 Å². The van der Waals surface area contributed by atoms with Crippen LogP contribution in [0, 0.1) is 36.0 Å². The molecule has 0 saturated heterocycles. The zero-order valence-corrected chi connectivity index (χ0v) is 13.2. The normalized spacial score (nSPS) is 35.3. The van der Waals surface area contributed by atoms with E-state index < -0.39 is 0 Å². The predicted molar refractivity (Wildman–Crippen MR) is 85.9 cm³/mol. The summed E-state index contributed by atoms with van der Waals surface area (Å²) in [6.07, 6.45) is 21.3. The minimum absolute atomic E-state index is 0.906. The fourth-order valence-electron chi connectivity index (χ4n) is 3.84. The maximum absolute atomic E-state index is 4.60. The van der Waals surface area contributed by atoms with Crippen molar-refractivity contribution in [3.8, 4) is 12.3 Å². The van der Waals surface area contributed by atoms with Gasteiger partial charge in [0.15, 0.2) is 0 Å². The predicted octanol–water partition coefficient (Wildman–Crippen LogP) is 5.83. The first kappa shape index (κ1) is 16.4. The van der Waals surface area contributed by atoms with Gasteiger partial charge in [0.05, 0.1) is 0 Å². The Bertz CT molecular complexity index is 278. The second-order valence-corrected chi connectivity index (χ2v) is 6.51. The Morgan fingerprint density at radius 2 is 1.32 bits per heavy atom. The van der Waals surface area contributed by atoms with Gasteiger partial charge in [-0.3, -0.25) is 0 Å². The van der Waals surface area contributed by atoms with Crippen LogP contribution in [0.4, 0.5) is 0 Å². The van der Waals surface area contributed by atoms with Crippen LogP contribution >= 0.6 is 0 Å². The molecule has 0 nitrogen and oxygen atoms in total. The average molecular weight is 260 g/mol. The first-order chi connectivity index (χ1) is 9.21. The lowest BCUT2D eigenvalue weighted by Crippen LogP contribution is -2.24. The molecule has 0 unspecified atom stereocenters. The fourth-order valence-corrected chi connectivity index (χ4v) is 3.84. The van der Waals surface area contributed by atoms with Crippen molar-refractivity contribution in [2.45, 2.75) is 72.1 Å². The molecule has 0 spiro atoms. The van der Waals surface area contributed by atoms with Gasteiger partial charge in [-0.05, 0) is 76.0 Å². The topological polar surface area (TPSA) is 0 Å². The summed E-state index contributed by atoms with van der Waals surface area (Å²) >= 11 is 0. The third-order valence-corrected chi connectivity index (χ3v) is 5.01. The van der Waals surface area contributed by atoms with Gasteiger partial charge in [-0.2, -0.15) is 0 Å². The van der Waals surface area contributed by atoms with Crippen molar-refractivity contribution in [3.05, 3.63) is 12.2 Å². The minimum atomic E-state index is 0.906. The molecule has 0 amide bonds. The van der Waals surface area contributed by atoms with E-state index in [1.165, 1.54) is 51.4 Å². The molecule has 108 valence electrons. The molecule has 0 aromatic carbocycles. The molecule has 0 bridgehead atoms. The van der Waals surface area contributed by atoms with E-state index in [1.54, 1.807) is 6.92 Å². The van der Waals surface area contributed by atoms with E-state index in [2.05, 4.69) is 38.3 Å². The van der Waals surface area contributed by atoms with Crippen molar-refractivity contribution in [2.75, 3.05) is 0 Å². The Hall–Kier alpha value is -0.700. The van der Waals surface area contributed by atoms with Crippen LogP contribution in [-0.2, 0) is 0 Å². The molecule has 0 aromatic heterocycles. The molecule has 0 N–H and O–H groups in total. The van der Waals surface area contributed by atoms with Gasteiger partial charge in [-0.25, -0.2) is 0 Å². The average Bonchev–Trinajstić information content (AvgIpc) is 2.42. The Labute approximate surface area is 121 Å². The zero-order valence-electron chi connectivity index (χ0n) is 13.2. The van der Waals surface area contributed by atoms with Crippen LogP contribution in [0.1, 0.15) is 72.1 Å². The SMILES string of the molecule is C#CC.CC=CC1CCC(C2CCC(C)CC2)CC1. The summed E-state index contributed by atoms with van der Waals surface area (Å²) in [7, 11) is 0. The molecule has 0 heterocycles. The van der Waals surface area contributed by atoms with Crippen molar-refractivity contribution in [3.63, 3.8) is 0 Å². The monoisotopic (exact) mass is 260 g/mol. The summed E-state index contributed by atoms with van der Waals surface area (Å²) in [5.41, 5.74) is 0. The van der Waals surface area contributed by atoms with Gasteiger partial charge in [0.2, 0.25) is 0 Å². The first-order valence-corrected chi connectivity index (χ1v) is 8.21. The molecule has 2 fully saturated rings. The molecule has 2 saturated carbocycles. The van der Waals surface area contributed by atoms with Gasteiger partial charge < -0.3 is 0 Å². The standard InChI is InChI=1S/C16H28.C3H4/c1-3-4-14-7-11-16(12-8-14)15-9-5-13(2)6-10-15;1-3-2/h3-4,13-16H,5-12H2,1-2H3;1H,2H3. The lowest BCUT2D eigenvalue weighted by molar-refractivity contribution is 0.160. The van der Waals surface area contributed by atoms with Crippen molar-refractivity contribution in [1.82, 2.24) is 0 Å². The Kier molecular flexibility index (Phi) is 7.96. The van der Waals surface area contributed by atoms with Crippen LogP contribution in [0.15, 0.2) is 12.2 Å². The number of hydrogen-bond donors (Lipinski definition) is 0. The summed E-state index contributed by atoms with van der Waals surface area (Å²) < 4.78 is 0. The van der Waals surface area contributed by atoms with E-state index >= 15 is 0 Å². The van der Waals surface area contributed by atoms with E-state index in [9.17, 15) is 0 Å². The Balaban J connectivity index is 0.000000550. The maximum Gasteiger partial charge on any atom is -0.00297 e. The third kappa shape index (κ3) is 5.85. The van der Waals surface area contributed by atoms with Crippen LogP contribution in [0.25, 0.3) is 0 Å². The highest BCUT2D eigenvalue weighted by molar-refractivity contribution is 4.90. The van der Waals surface area contributed by atoms with Crippen LogP contribution in [0.2, 0.25) is 0 Å². The van der Waals surface area contributed by atoms with Gasteiger partial charge in [-0.15, -0.1) is 12.3 Å². The highest BCUT2D eigenvalue weighted by Crippen LogP contribution is 2.41. The van der Waals surface area contributed by atoms with Gasteiger partial charge >= 0.3 is 0 Å². The summed E-state index contributed by atoms with van der Waals surface area (Å²) in [6.45, 7) is 6.24. The van der Waals surface area contributed by atoms with E-state index in [-0.39, 0.29) is 0 Å². The lowest BCUT2D eigenvalue weighted by Gasteiger charge is -2.36. The van der Waals surface area contributed by atoms with E-state index in [1.807, 2.05) is 0 Å². The van der Waals surface area contributed by atoms with Gasteiger partial charge in [0.25, 0.3) is 0 Å². The Morgan fingerprint density at radius 3 is 1.74 bits per heavy atom. The molecule has 0 atom stereocenters. The molecule has 0 aromatic rings. The smallest absolute Gasteiger partial charge is 0.00297 e. The molecular weight excluding hydrogens is 228 g/mol. The lowest BCUT2D eigenvalue weighted by atomic mass is 9.69. The summed E-state index contributed by atoms with van der Waals surface area (Å²) in [4.78, 5) is 0. The van der Waals surface area contributed by atoms with Crippen molar-refractivity contribution in [1.29, 1.82) is 0 Å². The van der Waals surface area contributed by atoms with Gasteiger partial charge in [0, 0.05) is 0 Å². The second-order valence-electron chi connectivity index (χ2n) is 6.51.